The highest BCUT2D eigenvalue weighted by atomic mass is 15.3. The van der Waals surface area contributed by atoms with Gasteiger partial charge < -0.3 is 0 Å². The standard InChI is InChI=1S/C39H50N2/c1-36(2,3)28-19-22-33(38(7,8)9)27(24-28)18-21-30-26-35(41(40-30)31-16-14-13-15-17-31)32-25-29(37(4,5)6)20-23-34(32)39(10,11)12/h13-26H,1-12H3. The van der Waals surface area contributed by atoms with Crippen molar-refractivity contribution in [3.05, 3.63) is 106 Å². The Labute approximate surface area is 249 Å². The van der Waals surface area contributed by atoms with Crippen molar-refractivity contribution in [3.8, 4) is 16.9 Å². The number of para-hydroxylation sites is 1. The van der Waals surface area contributed by atoms with Gasteiger partial charge in [-0.1, -0.05) is 138 Å². The van der Waals surface area contributed by atoms with Crippen molar-refractivity contribution in [1.29, 1.82) is 0 Å². The minimum Gasteiger partial charge on any atom is -0.232 e. The number of benzene rings is 3. The van der Waals surface area contributed by atoms with Crippen LogP contribution in [0.5, 0.6) is 0 Å². The van der Waals surface area contributed by atoms with E-state index >= 15 is 0 Å². The summed E-state index contributed by atoms with van der Waals surface area (Å²) < 4.78 is 2.12. The fourth-order valence-corrected chi connectivity index (χ4v) is 5.34. The smallest absolute Gasteiger partial charge is 0.0862 e. The van der Waals surface area contributed by atoms with Crippen LogP contribution in [-0.4, -0.2) is 9.78 Å². The van der Waals surface area contributed by atoms with Crippen molar-refractivity contribution in [1.82, 2.24) is 9.78 Å². The summed E-state index contributed by atoms with van der Waals surface area (Å²) in [6, 6.07) is 26.7. The van der Waals surface area contributed by atoms with Crippen LogP contribution in [0.25, 0.3) is 29.1 Å². The topological polar surface area (TPSA) is 17.8 Å². The molecule has 0 N–H and O–H groups in total. The predicted molar refractivity (Wildman–Crippen MR) is 179 cm³/mol. The van der Waals surface area contributed by atoms with Crippen molar-refractivity contribution in [2.75, 3.05) is 0 Å². The Kier molecular flexibility index (Phi) is 8.04. The van der Waals surface area contributed by atoms with Crippen molar-refractivity contribution in [2.45, 2.75) is 105 Å². The fraction of sp³-hybridized carbons (Fsp3) is 0.410. The number of nitrogens with zero attached hydrogens (tertiary/aromatic N) is 2. The van der Waals surface area contributed by atoms with Gasteiger partial charge in [0, 0.05) is 5.56 Å². The summed E-state index contributed by atoms with van der Waals surface area (Å²) in [7, 11) is 0. The average Bonchev–Trinajstić information content (AvgIpc) is 3.29. The number of hydrogen-bond acceptors (Lipinski definition) is 1. The molecule has 0 bridgehead atoms. The van der Waals surface area contributed by atoms with Crippen LogP contribution in [0.1, 0.15) is 117 Å². The molecular weight excluding hydrogens is 496 g/mol. The average molecular weight is 547 g/mol. The lowest BCUT2D eigenvalue weighted by atomic mass is 9.78. The Bertz CT molecular complexity index is 1540. The highest BCUT2D eigenvalue weighted by molar-refractivity contribution is 5.76. The van der Waals surface area contributed by atoms with E-state index in [0.717, 1.165) is 17.1 Å². The first-order valence-electron chi connectivity index (χ1n) is 15.0. The maximum atomic E-state index is 5.18. The molecule has 0 aliphatic carbocycles. The van der Waals surface area contributed by atoms with Crippen molar-refractivity contribution in [3.63, 3.8) is 0 Å². The van der Waals surface area contributed by atoms with E-state index in [1.807, 2.05) is 0 Å². The molecular formula is C39H50N2. The number of hydrogen-bond donors (Lipinski definition) is 0. The second-order valence-corrected chi connectivity index (χ2v) is 15.6. The van der Waals surface area contributed by atoms with Gasteiger partial charge in [-0.2, -0.15) is 5.10 Å². The molecule has 0 aliphatic rings. The highest BCUT2D eigenvalue weighted by Gasteiger charge is 2.25. The lowest BCUT2D eigenvalue weighted by Gasteiger charge is -2.27. The molecule has 2 heteroatoms. The zero-order valence-corrected chi connectivity index (χ0v) is 27.5. The van der Waals surface area contributed by atoms with E-state index in [-0.39, 0.29) is 21.7 Å². The Morgan fingerprint density at radius 1 is 0.537 bits per heavy atom. The molecule has 4 aromatic rings. The first kappa shape index (κ1) is 30.6. The number of aromatic nitrogens is 2. The van der Waals surface area contributed by atoms with Crippen LogP contribution in [0, 0.1) is 0 Å². The van der Waals surface area contributed by atoms with Gasteiger partial charge in [-0.3, -0.25) is 0 Å². The van der Waals surface area contributed by atoms with Crippen LogP contribution in [0.2, 0.25) is 0 Å². The molecule has 41 heavy (non-hydrogen) atoms. The molecule has 0 spiro atoms. The van der Waals surface area contributed by atoms with E-state index in [0.29, 0.717) is 0 Å². The molecule has 0 radical (unpaired) electrons. The third kappa shape index (κ3) is 6.92. The molecule has 4 rings (SSSR count). The van der Waals surface area contributed by atoms with Crippen LogP contribution < -0.4 is 0 Å². The molecule has 0 fully saturated rings. The Balaban J connectivity index is 1.94. The minimum absolute atomic E-state index is 0.0114. The summed E-state index contributed by atoms with van der Waals surface area (Å²) in [4.78, 5) is 0. The zero-order chi connectivity index (χ0) is 30.4. The summed E-state index contributed by atoms with van der Waals surface area (Å²) in [5.74, 6) is 0. The minimum atomic E-state index is -0.0114. The molecule has 1 aromatic heterocycles. The van der Waals surface area contributed by atoms with E-state index in [9.17, 15) is 0 Å². The van der Waals surface area contributed by atoms with Gasteiger partial charge in [0.25, 0.3) is 0 Å². The second kappa shape index (κ2) is 10.8. The molecule has 3 aromatic carbocycles. The molecule has 0 saturated carbocycles. The van der Waals surface area contributed by atoms with Gasteiger partial charge in [0.2, 0.25) is 0 Å². The molecule has 2 nitrogen and oxygen atoms in total. The maximum absolute atomic E-state index is 5.18. The Morgan fingerprint density at radius 2 is 1.07 bits per heavy atom. The van der Waals surface area contributed by atoms with Crippen LogP contribution in [0.15, 0.2) is 72.8 Å². The van der Waals surface area contributed by atoms with Gasteiger partial charge in [0.15, 0.2) is 0 Å². The van der Waals surface area contributed by atoms with Gasteiger partial charge in [0.05, 0.1) is 17.1 Å². The normalized spacial score (nSPS) is 13.3. The summed E-state index contributed by atoms with van der Waals surface area (Å²) in [6.07, 6.45) is 4.44. The highest BCUT2D eigenvalue weighted by Crippen LogP contribution is 2.38. The molecule has 216 valence electrons. The summed E-state index contributed by atoms with van der Waals surface area (Å²) in [6.45, 7) is 27.4. The lowest BCUT2D eigenvalue weighted by molar-refractivity contribution is 0.576. The van der Waals surface area contributed by atoms with Gasteiger partial charge in [0.1, 0.15) is 0 Å². The molecule has 0 aliphatic heterocycles. The monoisotopic (exact) mass is 546 g/mol. The third-order valence-electron chi connectivity index (χ3n) is 7.86. The first-order chi connectivity index (χ1) is 18.9. The first-order valence-corrected chi connectivity index (χ1v) is 15.0. The largest absolute Gasteiger partial charge is 0.232 e. The maximum Gasteiger partial charge on any atom is 0.0862 e. The van der Waals surface area contributed by atoms with Crippen LogP contribution in [0.3, 0.4) is 0 Å². The fourth-order valence-electron chi connectivity index (χ4n) is 5.34. The predicted octanol–water partition coefficient (Wildman–Crippen LogP) is 10.9. The van der Waals surface area contributed by atoms with Crippen molar-refractivity contribution < 1.29 is 0 Å². The Morgan fingerprint density at radius 3 is 1.61 bits per heavy atom. The van der Waals surface area contributed by atoms with Gasteiger partial charge in [-0.05, 0) is 79.8 Å². The molecule has 0 atom stereocenters. The summed E-state index contributed by atoms with van der Waals surface area (Å²) in [5, 5.41) is 5.18. The van der Waals surface area contributed by atoms with E-state index in [1.165, 1.54) is 33.4 Å². The van der Waals surface area contributed by atoms with Crippen LogP contribution >= 0.6 is 0 Å². The van der Waals surface area contributed by atoms with E-state index in [2.05, 4.69) is 173 Å². The van der Waals surface area contributed by atoms with Gasteiger partial charge in [-0.15, -0.1) is 0 Å². The second-order valence-electron chi connectivity index (χ2n) is 15.6. The molecule has 0 saturated heterocycles. The quantitative estimate of drug-likeness (QED) is 0.249. The molecule has 1 heterocycles. The lowest BCUT2D eigenvalue weighted by Crippen LogP contribution is -2.17. The SMILES string of the molecule is CC(C)(C)c1ccc(C(C)(C)C)c(C=Cc2cc(-c3cc(C(C)(C)C)ccc3C(C)(C)C)n(-c3ccccc3)n2)c1. The molecule has 0 amide bonds. The summed E-state index contributed by atoms with van der Waals surface area (Å²) in [5.41, 5.74) is 11.1. The van der Waals surface area contributed by atoms with Crippen molar-refractivity contribution in [2.24, 2.45) is 0 Å². The van der Waals surface area contributed by atoms with Crippen molar-refractivity contribution >= 4 is 12.2 Å². The van der Waals surface area contributed by atoms with E-state index < -0.39 is 0 Å². The third-order valence-corrected chi connectivity index (χ3v) is 7.86. The van der Waals surface area contributed by atoms with E-state index in [1.54, 1.807) is 0 Å². The number of rotatable bonds is 4. The Hall–Kier alpha value is -3.39. The van der Waals surface area contributed by atoms with Crippen LogP contribution in [0.4, 0.5) is 0 Å². The molecule has 0 unspecified atom stereocenters. The zero-order valence-electron chi connectivity index (χ0n) is 27.5. The van der Waals surface area contributed by atoms with E-state index in [4.69, 9.17) is 5.10 Å². The van der Waals surface area contributed by atoms with Crippen LogP contribution in [-0.2, 0) is 21.7 Å². The van der Waals surface area contributed by atoms with Gasteiger partial charge >= 0.3 is 0 Å². The van der Waals surface area contributed by atoms with Gasteiger partial charge in [-0.25, -0.2) is 4.68 Å². The summed E-state index contributed by atoms with van der Waals surface area (Å²) >= 11 is 0.